The third-order valence-corrected chi connectivity index (χ3v) is 8.79. The molecule has 1 heterocycles. The van der Waals surface area contributed by atoms with E-state index in [0.29, 0.717) is 11.7 Å². The van der Waals surface area contributed by atoms with E-state index in [2.05, 4.69) is 59.2 Å². The van der Waals surface area contributed by atoms with Gasteiger partial charge in [-0.25, -0.2) is 0 Å². The van der Waals surface area contributed by atoms with Gasteiger partial charge in [0.05, 0.1) is 14.2 Å². The molecular formula is C35H46N2O4. The molecule has 0 saturated carbocycles. The molecule has 6 nitrogen and oxygen atoms in total. The highest BCUT2D eigenvalue weighted by molar-refractivity contribution is 5.64. The summed E-state index contributed by atoms with van der Waals surface area (Å²) in [6.07, 6.45) is 8.26. The number of likely N-dealkylation sites (tertiary alicyclic amines) is 1. The predicted octanol–water partition coefficient (Wildman–Crippen LogP) is 6.96. The molecule has 41 heavy (non-hydrogen) atoms. The van der Waals surface area contributed by atoms with Crippen molar-refractivity contribution in [2.45, 2.75) is 64.3 Å². The molecule has 1 aliphatic carbocycles. The Morgan fingerprint density at radius 3 is 2.32 bits per heavy atom. The predicted molar refractivity (Wildman–Crippen MR) is 166 cm³/mol. The van der Waals surface area contributed by atoms with E-state index in [9.17, 15) is 5.11 Å². The Morgan fingerprint density at radius 1 is 0.878 bits per heavy atom. The van der Waals surface area contributed by atoms with Gasteiger partial charge in [0.15, 0.2) is 11.5 Å². The van der Waals surface area contributed by atoms with E-state index in [1.54, 1.807) is 20.3 Å². The fraction of sp³-hybridized carbons (Fsp3) is 0.486. The van der Waals surface area contributed by atoms with Crippen molar-refractivity contribution in [1.29, 1.82) is 0 Å². The first-order chi connectivity index (χ1) is 20.1. The van der Waals surface area contributed by atoms with Gasteiger partial charge in [0, 0.05) is 31.4 Å². The van der Waals surface area contributed by atoms with Crippen LogP contribution in [0.5, 0.6) is 23.0 Å². The smallest absolute Gasteiger partial charge is 0.162 e. The molecule has 0 unspecified atom stereocenters. The monoisotopic (exact) mass is 558 g/mol. The van der Waals surface area contributed by atoms with E-state index in [1.807, 2.05) is 6.07 Å². The number of rotatable bonds is 11. The van der Waals surface area contributed by atoms with Gasteiger partial charge >= 0.3 is 0 Å². The number of fused-ring (bicyclic) bond motifs is 1. The average Bonchev–Trinajstić information content (AvgIpc) is 3.28. The maximum absolute atomic E-state index is 9.96. The van der Waals surface area contributed by atoms with Gasteiger partial charge in [-0.3, -0.25) is 4.90 Å². The number of ether oxygens (including phenoxy) is 3. The van der Waals surface area contributed by atoms with E-state index in [4.69, 9.17) is 14.2 Å². The highest BCUT2D eigenvalue weighted by Crippen LogP contribution is 2.43. The van der Waals surface area contributed by atoms with Crippen molar-refractivity contribution in [3.05, 3.63) is 76.9 Å². The topological polar surface area (TPSA) is 54.4 Å². The van der Waals surface area contributed by atoms with Crippen LogP contribution < -0.4 is 19.1 Å². The van der Waals surface area contributed by atoms with Crippen LogP contribution in [0.15, 0.2) is 54.6 Å². The zero-order valence-electron chi connectivity index (χ0n) is 25.0. The van der Waals surface area contributed by atoms with Crippen LogP contribution in [-0.4, -0.2) is 57.0 Å². The van der Waals surface area contributed by atoms with Gasteiger partial charge in [0.1, 0.15) is 18.1 Å². The lowest BCUT2D eigenvalue weighted by molar-refractivity contribution is 0.214. The Morgan fingerprint density at radius 2 is 1.61 bits per heavy atom. The second-order valence-electron chi connectivity index (χ2n) is 11.4. The number of aromatic hydroxyl groups is 1. The minimum atomic E-state index is 0.347. The summed E-state index contributed by atoms with van der Waals surface area (Å²) in [7, 11) is 3.40. The molecule has 1 atom stereocenters. The maximum Gasteiger partial charge on any atom is 0.162 e. The SMILES string of the molecule is CCN(Cc1ccc(OCCN2CCCCCC2)cc1)c1cc(OC)c(OC)cc1[C@@H]1CCc2cc(O)ccc2C1. The van der Waals surface area contributed by atoms with Crippen LogP contribution in [0, 0.1) is 0 Å². The zero-order chi connectivity index (χ0) is 28.6. The van der Waals surface area contributed by atoms with Crippen molar-refractivity contribution in [1.82, 2.24) is 4.90 Å². The first kappa shape index (κ1) is 29.1. The minimum absolute atomic E-state index is 0.347. The van der Waals surface area contributed by atoms with Gasteiger partial charge in [-0.15, -0.1) is 0 Å². The number of anilines is 1. The molecule has 0 amide bonds. The lowest BCUT2D eigenvalue weighted by Crippen LogP contribution is -2.29. The molecule has 220 valence electrons. The summed E-state index contributed by atoms with van der Waals surface area (Å²) in [5.41, 5.74) is 6.29. The highest BCUT2D eigenvalue weighted by Gasteiger charge is 2.26. The van der Waals surface area contributed by atoms with Crippen molar-refractivity contribution in [3.63, 3.8) is 0 Å². The molecule has 3 aromatic rings. The number of hydrogen-bond acceptors (Lipinski definition) is 6. The first-order valence-corrected chi connectivity index (χ1v) is 15.3. The van der Waals surface area contributed by atoms with Gasteiger partial charge in [0.25, 0.3) is 0 Å². The number of benzene rings is 3. The average molecular weight is 559 g/mol. The fourth-order valence-electron chi connectivity index (χ4n) is 6.42. The van der Waals surface area contributed by atoms with Crippen LogP contribution in [0.3, 0.4) is 0 Å². The number of methoxy groups -OCH3 is 2. The second kappa shape index (κ2) is 14.0. The van der Waals surface area contributed by atoms with Gasteiger partial charge in [-0.2, -0.15) is 0 Å². The molecule has 0 radical (unpaired) electrons. The van der Waals surface area contributed by atoms with Gasteiger partial charge in [0.2, 0.25) is 0 Å². The molecular weight excluding hydrogens is 512 g/mol. The summed E-state index contributed by atoms with van der Waals surface area (Å²) in [6, 6.07) is 18.7. The van der Waals surface area contributed by atoms with Crippen molar-refractivity contribution in [2.75, 3.05) is 51.9 Å². The summed E-state index contributed by atoms with van der Waals surface area (Å²) >= 11 is 0. The van der Waals surface area contributed by atoms with Gasteiger partial charge in [-0.05, 0) is 111 Å². The molecule has 1 fully saturated rings. The lowest BCUT2D eigenvalue weighted by atomic mass is 9.79. The van der Waals surface area contributed by atoms with E-state index in [-0.39, 0.29) is 0 Å². The molecule has 5 rings (SSSR count). The summed E-state index contributed by atoms with van der Waals surface area (Å²) < 4.78 is 17.6. The minimum Gasteiger partial charge on any atom is -0.508 e. The Hall–Kier alpha value is -3.38. The summed E-state index contributed by atoms with van der Waals surface area (Å²) in [6.45, 7) is 8.01. The van der Waals surface area contributed by atoms with Gasteiger partial charge in [-0.1, -0.05) is 31.0 Å². The number of nitrogens with zero attached hydrogens (tertiary/aromatic N) is 2. The Bertz CT molecular complexity index is 1270. The van der Waals surface area contributed by atoms with Crippen molar-refractivity contribution in [2.24, 2.45) is 0 Å². The fourth-order valence-corrected chi connectivity index (χ4v) is 6.42. The second-order valence-corrected chi connectivity index (χ2v) is 11.4. The van der Waals surface area contributed by atoms with Crippen LogP contribution >= 0.6 is 0 Å². The van der Waals surface area contributed by atoms with Crippen LogP contribution in [0.25, 0.3) is 0 Å². The Kier molecular flexibility index (Phi) is 9.94. The molecule has 3 aromatic carbocycles. The number of phenols is 1. The van der Waals surface area contributed by atoms with Crippen LogP contribution in [0.4, 0.5) is 5.69 Å². The lowest BCUT2D eigenvalue weighted by Gasteiger charge is -2.32. The third-order valence-electron chi connectivity index (χ3n) is 8.79. The molecule has 0 aromatic heterocycles. The van der Waals surface area contributed by atoms with E-state index < -0.39 is 0 Å². The largest absolute Gasteiger partial charge is 0.508 e. The normalized spacial score (nSPS) is 17.4. The van der Waals surface area contributed by atoms with E-state index >= 15 is 0 Å². The van der Waals surface area contributed by atoms with E-state index in [0.717, 1.165) is 62.8 Å². The Labute approximate surface area is 245 Å². The highest BCUT2D eigenvalue weighted by atomic mass is 16.5. The molecule has 0 bridgehead atoms. The van der Waals surface area contributed by atoms with Gasteiger partial charge < -0.3 is 24.2 Å². The summed E-state index contributed by atoms with van der Waals surface area (Å²) in [5, 5.41) is 9.96. The van der Waals surface area contributed by atoms with Crippen molar-refractivity contribution in [3.8, 4) is 23.0 Å². The summed E-state index contributed by atoms with van der Waals surface area (Å²) in [5.74, 6) is 3.15. The molecule has 0 spiro atoms. The van der Waals surface area contributed by atoms with E-state index in [1.165, 1.54) is 66.7 Å². The molecule has 2 aliphatic rings. The number of hydrogen-bond donors (Lipinski definition) is 1. The summed E-state index contributed by atoms with van der Waals surface area (Å²) in [4.78, 5) is 4.97. The zero-order valence-corrected chi connectivity index (χ0v) is 25.0. The number of phenolic OH excluding ortho intramolecular Hbond substituents is 1. The van der Waals surface area contributed by atoms with Crippen LogP contribution in [-0.2, 0) is 19.4 Å². The standard InChI is InChI=1S/C35H46N2O4/c1-4-37(25-26-9-15-31(16-10-26)41-20-19-36-17-7-5-6-8-18-36)33-24-35(40-3)34(39-2)23-32(33)29-12-11-28-22-30(38)14-13-27(28)21-29/h9-10,13-16,22-24,29,38H,4-8,11-12,17-21,25H2,1-3H3/t29-/m1/s1. The molecule has 1 saturated heterocycles. The van der Waals surface area contributed by atoms with Crippen molar-refractivity contribution >= 4 is 5.69 Å². The first-order valence-electron chi connectivity index (χ1n) is 15.3. The maximum atomic E-state index is 9.96. The van der Waals surface area contributed by atoms with Crippen LogP contribution in [0.2, 0.25) is 0 Å². The molecule has 1 N–H and O–H groups in total. The van der Waals surface area contributed by atoms with Crippen LogP contribution in [0.1, 0.15) is 67.2 Å². The number of aryl methyl sites for hydroxylation is 1. The molecule has 6 heteroatoms. The molecule has 1 aliphatic heterocycles. The quantitative estimate of drug-likeness (QED) is 0.275. The third kappa shape index (κ3) is 7.28. The Balaban J connectivity index is 1.31. The van der Waals surface area contributed by atoms with Crippen molar-refractivity contribution < 1.29 is 19.3 Å².